The molecule has 0 spiro atoms. The quantitative estimate of drug-likeness (QED) is 0.376. The van der Waals surface area contributed by atoms with Crippen molar-refractivity contribution < 1.29 is 4.79 Å². The average Bonchev–Trinajstić information content (AvgIpc) is 3.49. The van der Waals surface area contributed by atoms with Gasteiger partial charge >= 0.3 is 5.69 Å². The van der Waals surface area contributed by atoms with Crippen molar-refractivity contribution in [2.75, 3.05) is 0 Å². The van der Waals surface area contributed by atoms with Gasteiger partial charge in [0.05, 0.1) is 17.6 Å². The van der Waals surface area contributed by atoms with Crippen LogP contribution in [0.5, 0.6) is 0 Å². The molecule has 0 aliphatic carbocycles. The molecular formula is C28H27N5O2. The molecule has 7 heteroatoms. The molecule has 0 fully saturated rings. The molecule has 176 valence electrons. The summed E-state index contributed by atoms with van der Waals surface area (Å²) in [5.41, 5.74) is 5.78. The van der Waals surface area contributed by atoms with E-state index in [-0.39, 0.29) is 18.1 Å². The van der Waals surface area contributed by atoms with Crippen molar-refractivity contribution in [3.63, 3.8) is 0 Å². The SMILES string of the molecule is CCn1c(=O)n(CC(=O)NCc2ccccc2-c2ccc(Cn3cccn3)cc2)c2ccccc21. The van der Waals surface area contributed by atoms with Crippen LogP contribution in [0.15, 0.2) is 96.1 Å². The summed E-state index contributed by atoms with van der Waals surface area (Å²) in [6, 6.07) is 25.9. The van der Waals surface area contributed by atoms with Gasteiger partial charge in [0.1, 0.15) is 6.54 Å². The maximum Gasteiger partial charge on any atom is 0.329 e. The van der Waals surface area contributed by atoms with E-state index >= 15 is 0 Å². The van der Waals surface area contributed by atoms with E-state index < -0.39 is 0 Å². The molecule has 0 unspecified atom stereocenters. The third-order valence-corrected chi connectivity index (χ3v) is 6.21. The number of amides is 1. The number of rotatable bonds is 8. The molecule has 1 N–H and O–H groups in total. The molecule has 3 aromatic carbocycles. The fraction of sp³-hybridized carbons (Fsp3) is 0.179. The highest BCUT2D eigenvalue weighted by Crippen LogP contribution is 2.24. The van der Waals surface area contributed by atoms with Gasteiger partial charge in [-0.25, -0.2) is 4.79 Å². The lowest BCUT2D eigenvalue weighted by Gasteiger charge is -2.12. The molecule has 2 heterocycles. The number of aromatic nitrogens is 4. The number of fused-ring (bicyclic) bond motifs is 1. The van der Waals surface area contributed by atoms with E-state index in [1.807, 2.05) is 66.3 Å². The monoisotopic (exact) mass is 465 g/mol. The predicted molar refractivity (Wildman–Crippen MR) is 137 cm³/mol. The molecule has 5 rings (SSSR count). The lowest BCUT2D eigenvalue weighted by molar-refractivity contribution is -0.121. The van der Waals surface area contributed by atoms with Gasteiger partial charge in [-0.05, 0) is 47.4 Å². The number of nitrogens with zero attached hydrogens (tertiary/aromatic N) is 4. The van der Waals surface area contributed by atoms with E-state index in [0.29, 0.717) is 13.1 Å². The van der Waals surface area contributed by atoms with Gasteiger partial charge in [0, 0.05) is 25.5 Å². The van der Waals surface area contributed by atoms with Crippen LogP contribution in [-0.4, -0.2) is 24.8 Å². The molecule has 0 atom stereocenters. The van der Waals surface area contributed by atoms with Crippen LogP contribution in [0.3, 0.4) is 0 Å². The van der Waals surface area contributed by atoms with Crippen LogP contribution in [-0.2, 0) is 31.0 Å². The summed E-state index contributed by atoms with van der Waals surface area (Å²) in [4.78, 5) is 25.7. The lowest BCUT2D eigenvalue weighted by atomic mass is 9.98. The van der Waals surface area contributed by atoms with Gasteiger partial charge in [0.2, 0.25) is 5.91 Å². The van der Waals surface area contributed by atoms with Gasteiger partial charge in [-0.3, -0.25) is 18.6 Å². The van der Waals surface area contributed by atoms with Crippen LogP contribution < -0.4 is 11.0 Å². The van der Waals surface area contributed by atoms with Crippen LogP contribution in [0.25, 0.3) is 22.2 Å². The van der Waals surface area contributed by atoms with E-state index in [4.69, 9.17) is 0 Å². The van der Waals surface area contributed by atoms with Crippen molar-refractivity contribution in [1.29, 1.82) is 0 Å². The van der Waals surface area contributed by atoms with Crippen LogP contribution in [0.1, 0.15) is 18.1 Å². The minimum atomic E-state index is -0.199. The molecule has 0 saturated heterocycles. The summed E-state index contributed by atoms with van der Waals surface area (Å²) in [5, 5.41) is 7.26. The highest BCUT2D eigenvalue weighted by Gasteiger charge is 2.15. The number of hydrogen-bond acceptors (Lipinski definition) is 3. The number of aryl methyl sites for hydroxylation is 1. The molecule has 0 aliphatic rings. The van der Waals surface area contributed by atoms with Crippen LogP contribution in [0.2, 0.25) is 0 Å². The molecule has 0 aliphatic heterocycles. The summed E-state index contributed by atoms with van der Waals surface area (Å²) in [6.07, 6.45) is 3.72. The highest BCUT2D eigenvalue weighted by atomic mass is 16.2. The van der Waals surface area contributed by atoms with Crippen LogP contribution >= 0.6 is 0 Å². The van der Waals surface area contributed by atoms with Gasteiger partial charge in [-0.2, -0.15) is 5.10 Å². The van der Waals surface area contributed by atoms with Crippen molar-refractivity contribution in [2.45, 2.75) is 33.1 Å². The number of hydrogen-bond donors (Lipinski definition) is 1. The van der Waals surface area contributed by atoms with Crippen molar-refractivity contribution in [3.05, 3.63) is 113 Å². The largest absolute Gasteiger partial charge is 0.350 e. The van der Waals surface area contributed by atoms with Gasteiger partial charge in [-0.15, -0.1) is 0 Å². The van der Waals surface area contributed by atoms with Gasteiger partial charge < -0.3 is 5.32 Å². The highest BCUT2D eigenvalue weighted by molar-refractivity contribution is 5.81. The standard InChI is InChI=1S/C28H27N5O2/c1-2-32-25-10-5-6-11-26(25)33(28(32)35)20-27(34)29-18-23-8-3-4-9-24(23)22-14-12-21(13-15-22)19-31-17-7-16-30-31/h3-17H,2,18-20H2,1H3,(H,29,34). The first kappa shape index (κ1) is 22.4. The average molecular weight is 466 g/mol. The molecule has 0 radical (unpaired) electrons. The Morgan fingerprint density at radius 1 is 0.886 bits per heavy atom. The molecule has 0 saturated carbocycles. The van der Waals surface area contributed by atoms with E-state index in [0.717, 1.165) is 34.3 Å². The number of benzene rings is 3. The van der Waals surface area contributed by atoms with E-state index in [2.05, 4.69) is 40.7 Å². The molecule has 0 bridgehead atoms. The van der Waals surface area contributed by atoms with Crippen LogP contribution in [0, 0.1) is 0 Å². The molecule has 2 aromatic heterocycles. The Hall–Kier alpha value is -4.39. The zero-order chi connectivity index (χ0) is 24.2. The van der Waals surface area contributed by atoms with E-state index in [9.17, 15) is 9.59 Å². The predicted octanol–water partition coefficient (Wildman–Crippen LogP) is 4.05. The maximum absolute atomic E-state index is 12.8. The van der Waals surface area contributed by atoms with E-state index in [1.54, 1.807) is 15.3 Å². The lowest BCUT2D eigenvalue weighted by Crippen LogP contribution is -2.32. The Morgan fingerprint density at radius 3 is 2.31 bits per heavy atom. The first-order valence-electron chi connectivity index (χ1n) is 11.7. The fourth-order valence-corrected chi connectivity index (χ4v) is 4.45. The fourth-order valence-electron chi connectivity index (χ4n) is 4.45. The number of para-hydroxylation sites is 2. The summed E-state index contributed by atoms with van der Waals surface area (Å²) >= 11 is 0. The number of carbonyl (C=O) groups is 1. The second-order valence-corrected chi connectivity index (χ2v) is 8.44. The van der Waals surface area contributed by atoms with Crippen molar-refractivity contribution in [1.82, 2.24) is 24.2 Å². The Bertz CT molecular complexity index is 1510. The minimum absolute atomic E-state index is 0.0172. The normalized spacial score (nSPS) is 11.1. The zero-order valence-electron chi connectivity index (χ0n) is 19.6. The number of carbonyl (C=O) groups excluding carboxylic acids is 1. The first-order chi connectivity index (χ1) is 17.1. The minimum Gasteiger partial charge on any atom is -0.350 e. The Morgan fingerprint density at radius 2 is 1.60 bits per heavy atom. The third-order valence-electron chi connectivity index (χ3n) is 6.21. The van der Waals surface area contributed by atoms with Gasteiger partial charge in [0.15, 0.2) is 0 Å². The van der Waals surface area contributed by atoms with E-state index in [1.165, 1.54) is 5.56 Å². The summed E-state index contributed by atoms with van der Waals surface area (Å²) in [7, 11) is 0. The summed E-state index contributed by atoms with van der Waals surface area (Å²) in [6.45, 7) is 3.57. The molecule has 35 heavy (non-hydrogen) atoms. The Kier molecular flexibility index (Phi) is 6.30. The Labute approximate surface area is 203 Å². The molecule has 5 aromatic rings. The second kappa shape index (κ2) is 9.85. The number of nitrogens with one attached hydrogen (secondary N) is 1. The van der Waals surface area contributed by atoms with Crippen molar-refractivity contribution in [3.8, 4) is 11.1 Å². The zero-order valence-corrected chi connectivity index (χ0v) is 19.6. The van der Waals surface area contributed by atoms with Gasteiger partial charge in [-0.1, -0.05) is 60.7 Å². The maximum atomic E-state index is 12.8. The topological polar surface area (TPSA) is 73.8 Å². The number of imidazole rings is 1. The molecule has 1 amide bonds. The summed E-state index contributed by atoms with van der Waals surface area (Å²) in [5.74, 6) is -0.199. The smallest absolute Gasteiger partial charge is 0.329 e. The molecule has 7 nitrogen and oxygen atoms in total. The Balaban J connectivity index is 1.30. The van der Waals surface area contributed by atoms with Gasteiger partial charge in [0.25, 0.3) is 0 Å². The van der Waals surface area contributed by atoms with Crippen LogP contribution in [0.4, 0.5) is 0 Å². The molecular weight excluding hydrogens is 438 g/mol. The van der Waals surface area contributed by atoms with Crippen molar-refractivity contribution in [2.24, 2.45) is 0 Å². The second-order valence-electron chi connectivity index (χ2n) is 8.44. The van der Waals surface area contributed by atoms with Crippen molar-refractivity contribution >= 4 is 16.9 Å². The first-order valence-corrected chi connectivity index (χ1v) is 11.7. The summed E-state index contributed by atoms with van der Waals surface area (Å²) < 4.78 is 5.12. The third kappa shape index (κ3) is 4.66.